The van der Waals surface area contributed by atoms with Crippen molar-refractivity contribution in [3.05, 3.63) is 0 Å². The first-order valence-corrected chi connectivity index (χ1v) is 7.94. The van der Waals surface area contributed by atoms with Crippen LogP contribution in [0.4, 0.5) is 0 Å². The lowest BCUT2D eigenvalue weighted by Gasteiger charge is -2.41. The highest BCUT2D eigenvalue weighted by molar-refractivity contribution is 5.66. The van der Waals surface area contributed by atoms with E-state index in [0.29, 0.717) is 18.6 Å². The number of carboxylic acids is 1. The minimum atomic E-state index is -0.698. The molecule has 4 nitrogen and oxygen atoms in total. The van der Waals surface area contributed by atoms with E-state index >= 15 is 0 Å². The second-order valence-corrected chi connectivity index (χ2v) is 7.22. The van der Waals surface area contributed by atoms with Gasteiger partial charge in [0, 0.05) is 24.2 Å². The van der Waals surface area contributed by atoms with E-state index in [2.05, 4.69) is 44.4 Å². The summed E-state index contributed by atoms with van der Waals surface area (Å²) in [5.74, 6) is -0.698. The topological polar surface area (TPSA) is 43.8 Å². The molecule has 4 heteroatoms. The summed E-state index contributed by atoms with van der Waals surface area (Å²) in [5.41, 5.74) is 0.0348. The van der Waals surface area contributed by atoms with Gasteiger partial charge in [0.2, 0.25) is 0 Å². The SMILES string of the molecule is CC(C)N1CCCC(N(CCC(=O)O)C(C)(C)C)CC1. The van der Waals surface area contributed by atoms with E-state index < -0.39 is 5.97 Å². The van der Waals surface area contributed by atoms with E-state index in [1.807, 2.05) is 0 Å². The van der Waals surface area contributed by atoms with Crippen LogP contribution in [0.25, 0.3) is 0 Å². The Bertz CT molecular complexity index is 310. The largest absolute Gasteiger partial charge is 0.481 e. The number of nitrogens with zero attached hydrogens (tertiary/aromatic N) is 2. The normalized spacial score (nSPS) is 22.2. The first-order chi connectivity index (χ1) is 9.21. The quantitative estimate of drug-likeness (QED) is 0.843. The van der Waals surface area contributed by atoms with Gasteiger partial charge in [0.25, 0.3) is 0 Å². The standard InChI is InChI=1S/C16H32N2O2/c1-13(2)17-10-6-7-14(8-11-17)18(16(3,4)5)12-9-15(19)20/h13-14H,6-12H2,1-5H3,(H,19,20). The van der Waals surface area contributed by atoms with E-state index in [0.717, 1.165) is 13.0 Å². The van der Waals surface area contributed by atoms with Crippen LogP contribution in [-0.4, -0.2) is 58.1 Å². The lowest BCUT2D eigenvalue weighted by atomic mass is 9.98. The summed E-state index contributed by atoms with van der Waals surface area (Å²) in [6.45, 7) is 14.1. The van der Waals surface area contributed by atoms with E-state index in [1.54, 1.807) is 0 Å². The van der Waals surface area contributed by atoms with Gasteiger partial charge in [-0.2, -0.15) is 0 Å². The number of aliphatic carboxylic acids is 1. The van der Waals surface area contributed by atoms with Crippen molar-refractivity contribution in [1.82, 2.24) is 9.80 Å². The van der Waals surface area contributed by atoms with Crippen LogP contribution in [0, 0.1) is 0 Å². The Morgan fingerprint density at radius 3 is 2.45 bits per heavy atom. The average Bonchev–Trinajstić information content (AvgIpc) is 2.52. The molecule has 1 N–H and O–H groups in total. The lowest BCUT2D eigenvalue weighted by Crippen LogP contribution is -2.49. The third kappa shape index (κ3) is 5.41. The van der Waals surface area contributed by atoms with Crippen LogP contribution < -0.4 is 0 Å². The molecule has 0 radical (unpaired) electrons. The van der Waals surface area contributed by atoms with E-state index in [1.165, 1.54) is 19.4 Å². The third-order valence-corrected chi connectivity index (χ3v) is 4.33. The summed E-state index contributed by atoms with van der Waals surface area (Å²) < 4.78 is 0. The van der Waals surface area contributed by atoms with E-state index in [4.69, 9.17) is 5.11 Å². The van der Waals surface area contributed by atoms with Crippen molar-refractivity contribution in [2.75, 3.05) is 19.6 Å². The van der Waals surface area contributed by atoms with Gasteiger partial charge in [0.15, 0.2) is 0 Å². The number of hydrogen-bond acceptors (Lipinski definition) is 3. The summed E-state index contributed by atoms with van der Waals surface area (Å²) in [6, 6.07) is 1.12. The molecule has 1 atom stereocenters. The minimum absolute atomic E-state index is 0.0348. The van der Waals surface area contributed by atoms with Crippen molar-refractivity contribution in [3.8, 4) is 0 Å². The Morgan fingerprint density at radius 1 is 1.30 bits per heavy atom. The van der Waals surface area contributed by atoms with Gasteiger partial charge in [-0.15, -0.1) is 0 Å². The van der Waals surface area contributed by atoms with Crippen LogP contribution in [0.1, 0.15) is 60.3 Å². The second kappa shape index (κ2) is 7.41. The highest BCUT2D eigenvalue weighted by Gasteiger charge is 2.30. The third-order valence-electron chi connectivity index (χ3n) is 4.33. The van der Waals surface area contributed by atoms with E-state index in [9.17, 15) is 4.79 Å². The molecular weight excluding hydrogens is 252 g/mol. The fraction of sp³-hybridized carbons (Fsp3) is 0.938. The first-order valence-electron chi connectivity index (χ1n) is 7.94. The van der Waals surface area contributed by atoms with Gasteiger partial charge in [0.1, 0.15) is 0 Å². The molecule has 0 saturated carbocycles. The number of hydrogen-bond donors (Lipinski definition) is 1. The van der Waals surface area contributed by atoms with Crippen LogP contribution in [0.2, 0.25) is 0 Å². The molecule has 1 fully saturated rings. The molecular formula is C16H32N2O2. The van der Waals surface area contributed by atoms with Gasteiger partial charge in [0.05, 0.1) is 6.42 Å². The van der Waals surface area contributed by atoms with Crippen LogP contribution in [0.5, 0.6) is 0 Å². The zero-order chi connectivity index (χ0) is 15.3. The van der Waals surface area contributed by atoms with Crippen molar-refractivity contribution in [3.63, 3.8) is 0 Å². The second-order valence-electron chi connectivity index (χ2n) is 7.22. The van der Waals surface area contributed by atoms with Gasteiger partial charge in [-0.25, -0.2) is 0 Å². The number of likely N-dealkylation sites (tertiary alicyclic amines) is 1. The van der Waals surface area contributed by atoms with Crippen LogP contribution in [0.3, 0.4) is 0 Å². The van der Waals surface area contributed by atoms with Crippen molar-refractivity contribution < 1.29 is 9.90 Å². The van der Waals surface area contributed by atoms with Crippen molar-refractivity contribution in [2.24, 2.45) is 0 Å². The van der Waals surface area contributed by atoms with Gasteiger partial charge >= 0.3 is 5.97 Å². The molecule has 0 aliphatic carbocycles. The number of rotatable bonds is 5. The Balaban J connectivity index is 2.68. The predicted octanol–water partition coefficient (Wildman–Crippen LogP) is 2.82. The van der Waals surface area contributed by atoms with Gasteiger partial charge in [-0.1, -0.05) is 0 Å². The highest BCUT2D eigenvalue weighted by Crippen LogP contribution is 2.25. The molecule has 1 heterocycles. The Kier molecular flexibility index (Phi) is 6.46. The summed E-state index contributed by atoms with van der Waals surface area (Å²) in [7, 11) is 0. The molecule has 1 unspecified atom stereocenters. The molecule has 0 amide bonds. The fourth-order valence-electron chi connectivity index (χ4n) is 3.21. The molecule has 118 valence electrons. The maximum Gasteiger partial charge on any atom is 0.304 e. The van der Waals surface area contributed by atoms with Gasteiger partial charge in [-0.05, 0) is 67.0 Å². The Hall–Kier alpha value is -0.610. The lowest BCUT2D eigenvalue weighted by molar-refractivity contribution is -0.137. The summed E-state index contributed by atoms with van der Waals surface area (Å²) >= 11 is 0. The maximum absolute atomic E-state index is 10.9. The van der Waals surface area contributed by atoms with Crippen molar-refractivity contribution in [2.45, 2.75) is 77.9 Å². The maximum atomic E-state index is 10.9. The molecule has 20 heavy (non-hydrogen) atoms. The molecule has 1 aliphatic rings. The van der Waals surface area contributed by atoms with Crippen LogP contribution in [0.15, 0.2) is 0 Å². The summed E-state index contributed by atoms with van der Waals surface area (Å²) in [5, 5.41) is 8.96. The molecule has 0 aromatic heterocycles. The predicted molar refractivity (Wildman–Crippen MR) is 83.1 cm³/mol. The molecule has 0 spiro atoms. The Morgan fingerprint density at radius 2 is 1.95 bits per heavy atom. The summed E-state index contributed by atoms with van der Waals surface area (Å²) in [6.07, 6.45) is 3.78. The molecule has 1 saturated heterocycles. The molecule has 1 aliphatic heterocycles. The minimum Gasteiger partial charge on any atom is -0.481 e. The molecule has 1 rings (SSSR count). The number of carboxylic acid groups (broad SMARTS) is 1. The average molecular weight is 284 g/mol. The van der Waals surface area contributed by atoms with Crippen molar-refractivity contribution in [1.29, 1.82) is 0 Å². The van der Waals surface area contributed by atoms with Gasteiger partial charge < -0.3 is 10.0 Å². The highest BCUT2D eigenvalue weighted by atomic mass is 16.4. The Labute approximate surface area is 124 Å². The number of carbonyl (C=O) groups is 1. The first kappa shape index (κ1) is 17.4. The molecule has 0 bridgehead atoms. The van der Waals surface area contributed by atoms with Gasteiger partial charge in [-0.3, -0.25) is 9.69 Å². The monoisotopic (exact) mass is 284 g/mol. The van der Waals surface area contributed by atoms with Crippen molar-refractivity contribution >= 4 is 5.97 Å². The zero-order valence-corrected chi connectivity index (χ0v) is 13.9. The van der Waals surface area contributed by atoms with Crippen LogP contribution in [-0.2, 0) is 4.79 Å². The molecule has 0 aromatic carbocycles. The fourth-order valence-corrected chi connectivity index (χ4v) is 3.21. The van der Waals surface area contributed by atoms with E-state index in [-0.39, 0.29) is 12.0 Å². The van der Waals surface area contributed by atoms with Crippen LogP contribution >= 0.6 is 0 Å². The summed E-state index contributed by atoms with van der Waals surface area (Å²) in [4.78, 5) is 15.8. The smallest absolute Gasteiger partial charge is 0.304 e. The zero-order valence-electron chi connectivity index (χ0n) is 13.9. The molecule has 0 aromatic rings.